The number of hydrogen-bond acceptors (Lipinski definition) is 6. The third-order valence-electron chi connectivity index (χ3n) is 2.85. The van der Waals surface area contributed by atoms with Crippen molar-refractivity contribution >= 4 is 0 Å². The molecule has 17 heavy (non-hydrogen) atoms. The molecule has 0 radical (unpaired) electrons. The molecule has 0 spiro atoms. The highest BCUT2D eigenvalue weighted by Gasteiger charge is 2.46. The average molecular weight is 247 g/mol. The summed E-state index contributed by atoms with van der Waals surface area (Å²) >= 11 is 0. The first-order valence-electron chi connectivity index (χ1n) is 5.51. The van der Waals surface area contributed by atoms with Crippen molar-refractivity contribution in [3.63, 3.8) is 0 Å². The number of aliphatic hydroxyl groups is 2. The van der Waals surface area contributed by atoms with Crippen LogP contribution in [0.4, 0.5) is 0 Å². The Morgan fingerprint density at radius 2 is 2.12 bits per heavy atom. The molecule has 6 nitrogen and oxygen atoms in total. The quantitative estimate of drug-likeness (QED) is 0.546. The largest absolute Gasteiger partial charge is 0.394 e. The maximum absolute atomic E-state index is 9.74. The number of likely N-dealkylation sites (tertiary alicyclic amines) is 1. The Kier molecular flexibility index (Phi) is 5.87. The van der Waals surface area contributed by atoms with Gasteiger partial charge in [-0.3, -0.25) is 0 Å². The van der Waals surface area contributed by atoms with Gasteiger partial charge in [-0.05, 0) is 0 Å². The third-order valence-corrected chi connectivity index (χ3v) is 2.85. The summed E-state index contributed by atoms with van der Waals surface area (Å²) in [5.41, 5.74) is 0.775. The highest BCUT2D eigenvalue weighted by Crippen LogP contribution is 2.33. The molecule has 1 saturated heterocycles. The van der Waals surface area contributed by atoms with Gasteiger partial charge in [-0.15, -0.1) is 0 Å². The van der Waals surface area contributed by atoms with Crippen molar-refractivity contribution in [2.45, 2.75) is 18.2 Å². The molecule has 0 aromatic rings. The van der Waals surface area contributed by atoms with Gasteiger partial charge < -0.3 is 29.3 Å². The molecule has 1 fully saturated rings. The van der Waals surface area contributed by atoms with Gasteiger partial charge in [-0.25, -0.2) is 0 Å². The van der Waals surface area contributed by atoms with Crippen LogP contribution in [0.3, 0.4) is 0 Å². The fourth-order valence-electron chi connectivity index (χ4n) is 1.97. The second-order valence-corrected chi connectivity index (χ2v) is 3.91. The van der Waals surface area contributed by atoms with E-state index in [1.54, 1.807) is 7.11 Å². The van der Waals surface area contributed by atoms with E-state index in [0.29, 0.717) is 13.2 Å². The zero-order valence-electron chi connectivity index (χ0n) is 10.3. The molecule has 0 aliphatic carbocycles. The summed E-state index contributed by atoms with van der Waals surface area (Å²) in [6.07, 6.45) is -1.17. The maximum atomic E-state index is 9.74. The molecule has 0 bridgehead atoms. The predicted octanol–water partition coefficient (Wildman–Crippen LogP) is -0.827. The summed E-state index contributed by atoms with van der Waals surface area (Å²) in [4.78, 5) is 1.88. The number of aliphatic hydroxyl groups excluding tert-OH is 2. The SMILES string of the molecule is C=C1[C@H](OCOC)[C@H]([C@H](O)CO)N1CCOC. The smallest absolute Gasteiger partial charge is 0.147 e. The Balaban J connectivity index is 2.57. The van der Waals surface area contributed by atoms with Gasteiger partial charge >= 0.3 is 0 Å². The van der Waals surface area contributed by atoms with Crippen molar-refractivity contribution in [2.75, 3.05) is 40.8 Å². The van der Waals surface area contributed by atoms with Gasteiger partial charge in [0.1, 0.15) is 19.0 Å². The minimum atomic E-state index is -0.862. The Morgan fingerprint density at radius 3 is 2.65 bits per heavy atom. The Bertz CT molecular complexity index is 230. The molecular formula is C11H21NO5. The Morgan fingerprint density at radius 1 is 1.41 bits per heavy atom. The molecule has 3 atom stereocenters. The fraction of sp³-hybridized carbons (Fsp3) is 0.818. The fourth-order valence-corrected chi connectivity index (χ4v) is 1.97. The van der Waals surface area contributed by atoms with Crippen LogP contribution < -0.4 is 0 Å². The second kappa shape index (κ2) is 6.93. The lowest BCUT2D eigenvalue weighted by Crippen LogP contribution is -2.65. The first kappa shape index (κ1) is 14.4. The molecule has 0 unspecified atom stereocenters. The van der Waals surface area contributed by atoms with Crippen LogP contribution >= 0.6 is 0 Å². The standard InChI is InChI=1S/C11H21NO5/c1-8-11(17-7-16-3)10(9(14)6-13)12(8)4-5-15-2/h9-11,13-14H,1,4-7H2,2-3H3/t9-,10+,11+/m1/s1. The minimum Gasteiger partial charge on any atom is -0.394 e. The van der Waals surface area contributed by atoms with Gasteiger partial charge in [-0.1, -0.05) is 6.58 Å². The zero-order chi connectivity index (χ0) is 12.8. The van der Waals surface area contributed by atoms with Gasteiger partial charge in [0.2, 0.25) is 0 Å². The van der Waals surface area contributed by atoms with Crippen LogP contribution in [0.15, 0.2) is 12.3 Å². The Hall–Kier alpha value is -0.660. The average Bonchev–Trinajstić information content (AvgIpc) is 2.34. The van der Waals surface area contributed by atoms with Crippen molar-refractivity contribution in [1.82, 2.24) is 4.90 Å². The van der Waals surface area contributed by atoms with Crippen LogP contribution in [-0.4, -0.2) is 74.1 Å². The molecule has 0 aromatic heterocycles. The van der Waals surface area contributed by atoms with Crippen LogP contribution in [-0.2, 0) is 14.2 Å². The van der Waals surface area contributed by atoms with Crippen LogP contribution in [0.2, 0.25) is 0 Å². The first-order valence-corrected chi connectivity index (χ1v) is 5.51. The van der Waals surface area contributed by atoms with E-state index in [0.717, 1.165) is 5.70 Å². The molecule has 1 heterocycles. The number of methoxy groups -OCH3 is 2. The lowest BCUT2D eigenvalue weighted by molar-refractivity contribution is -0.157. The van der Waals surface area contributed by atoms with Gasteiger partial charge in [0, 0.05) is 26.5 Å². The van der Waals surface area contributed by atoms with Crippen molar-refractivity contribution in [3.8, 4) is 0 Å². The molecule has 0 saturated carbocycles. The van der Waals surface area contributed by atoms with E-state index in [4.69, 9.17) is 19.3 Å². The third kappa shape index (κ3) is 3.17. The zero-order valence-corrected chi connectivity index (χ0v) is 10.3. The summed E-state index contributed by atoms with van der Waals surface area (Å²) in [7, 11) is 3.14. The van der Waals surface area contributed by atoms with Gasteiger partial charge in [0.05, 0.1) is 19.3 Å². The predicted molar refractivity (Wildman–Crippen MR) is 61.4 cm³/mol. The van der Waals surface area contributed by atoms with Crippen molar-refractivity contribution in [2.24, 2.45) is 0 Å². The van der Waals surface area contributed by atoms with E-state index in [1.165, 1.54) is 7.11 Å². The molecule has 1 rings (SSSR count). The van der Waals surface area contributed by atoms with Gasteiger partial charge in [-0.2, -0.15) is 0 Å². The number of ether oxygens (including phenoxy) is 3. The number of hydrogen-bond donors (Lipinski definition) is 2. The Labute approximate surface area is 101 Å². The van der Waals surface area contributed by atoms with E-state index in [1.807, 2.05) is 4.90 Å². The molecular weight excluding hydrogens is 226 g/mol. The van der Waals surface area contributed by atoms with Crippen LogP contribution in [0.1, 0.15) is 0 Å². The van der Waals surface area contributed by atoms with Gasteiger partial charge in [0.25, 0.3) is 0 Å². The lowest BCUT2D eigenvalue weighted by Gasteiger charge is -2.52. The number of nitrogens with zero attached hydrogens (tertiary/aromatic N) is 1. The van der Waals surface area contributed by atoms with Crippen molar-refractivity contribution in [3.05, 3.63) is 12.3 Å². The maximum Gasteiger partial charge on any atom is 0.147 e. The molecule has 1 aliphatic rings. The van der Waals surface area contributed by atoms with E-state index in [2.05, 4.69) is 6.58 Å². The number of rotatable bonds is 8. The molecule has 2 N–H and O–H groups in total. The monoisotopic (exact) mass is 247 g/mol. The van der Waals surface area contributed by atoms with Crippen LogP contribution in [0.25, 0.3) is 0 Å². The lowest BCUT2D eigenvalue weighted by atomic mass is 9.90. The second-order valence-electron chi connectivity index (χ2n) is 3.91. The van der Waals surface area contributed by atoms with Crippen molar-refractivity contribution in [1.29, 1.82) is 0 Å². The normalized spacial score (nSPS) is 25.9. The van der Waals surface area contributed by atoms with E-state index in [9.17, 15) is 5.11 Å². The summed E-state index contributed by atoms with van der Waals surface area (Å²) in [6.45, 7) is 4.86. The van der Waals surface area contributed by atoms with E-state index in [-0.39, 0.29) is 25.5 Å². The van der Waals surface area contributed by atoms with Crippen LogP contribution in [0.5, 0.6) is 0 Å². The topological polar surface area (TPSA) is 71.4 Å². The van der Waals surface area contributed by atoms with Crippen LogP contribution in [0, 0.1) is 0 Å². The highest BCUT2D eigenvalue weighted by atomic mass is 16.7. The summed E-state index contributed by atoms with van der Waals surface area (Å²) in [6, 6.07) is -0.294. The van der Waals surface area contributed by atoms with Crippen molar-refractivity contribution < 1.29 is 24.4 Å². The molecule has 1 aliphatic heterocycles. The summed E-state index contributed by atoms with van der Waals surface area (Å²) < 4.78 is 15.2. The molecule has 0 amide bonds. The minimum absolute atomic E-state index is 0.135. The first-order chi connectivity index (χ1) is 8.17. The van der Waals surface area contributed by atoms with E-state index >= 15 is 0 Å². The molecule has 6 heteroatoms. The summed E-state index contributed by atoms with van der Waals surface area (Å²) in [5.74, 6) is 0. The summed E-state index contributed by atoms with van der Waals surface area (Å²) in [5, 5.41) is 18.8. The highest BCUT2D eigenvalue weighted by molar-refractivity contribution is 5.21. The molecule has 0 aromatic carbocycles. The van der Waals surface area contributed by atoms with E-state index < -0.39 is 6.10 Å². The van der Waals surface area contributed by atoms with Gasteiger partial charge in [0.15, 0.2) is 0 Å². The molecule has 100 valence electrons.